The van der Waals surface area contributed by atoms with Crippen molar-refractivity contribution < 1.29 is 0 Å². The fraction of sp³-hybridized carbons (Fsp3) is 1.00. The molecular weight excluding hydrogens is 202 g/mol. The van der Waals surface area contributed by atoms with Crippen molar-refractivity contribution in [2.45, 2.75) is 58.2 Å². The average molecular weight is 229 g/mol. The summed E-state index contributed by atoms with van der Waals surface area (Å²) in [5, 5.41) is 0. The molecule has 1 aliphatic rings. The highest BCUT2D eigenvalue weighted by molar-refractivity contribution is 8.00. The van der Waals surface area contributed by atoms with Gasteiger partial charge in [-0.15, -0.1) is 0 Å². The van der Waals surface area contributed by atoms with Gasteiger partial charge in [0, 0.05) is 23.1 Å². The Balaban J connectivity index is 2.21. The van der Waals surface area contributed by atoms with Gasteiger partial charge in [-0.25, -0.2) is 0 Å². The summed E-state index contributed by atoms with van der Waals surface area (Å²) in [6.07, 6.45) is 2.84. The van der Waals surface area contributed by atoms with E-state index in [-0.39, 0.29) is 0 Å². The lowest BCUT2D eigenvalue weighted by Gasteiger charge is -2.30. The first kappa shape index (κ1) is 13.4. The molecule has 0 radical (unpaired) electrons. The molecule has 0 N–H and O–H groups in total. The Morgan fingerprint density at radius 2 is 1.87 bits per heavy atom. The third kappa shape index (κ3) is 4.36. The van der Waals surface area contributed by atoms with E-state index in [0.717, 1.165) is 6.04 Å². The lowest BCUT2D eigenvalue weighted by molar-refractivity contribution is 0.196. The van der Waals surface area contributed by atoms with Crippen LogP contribution >= 0.6 is 11.8 Å². The van der Waals surface area contributed by atoms with Crippen LogP contribution in [0.1, 0.15) is 47.5 Å². The van der Waals surface area contributed by atoms with Crippen LogP contribution in [-0.2, 0) is 0 Å². The minimum Gasteiger partial charge on any atom is -0.302 e. The molecule has 1 aliphatic carbocycles. The smallest absolute Gasteiger partial charge is 0.0118 e. The van der Waals surface area contributed by atoms with Crippen LogP contribution in [0.2, 0.25) is 0 Å². The number of hydrogen-bond acceptors (Lipinski definition) is 2. The van der Waals surface area contributed by atoms with E-state index in [1.165, 1.54) is 25.1 Å². The van der Waals surface area contributed by atoms with Crippen molar-refractivity contribution in [2.75, 3.05) is 19.3 Å². The van der Waals surface area contributed by atoms with Crippen LogP contribution in [0.25, 0.3) is 0 Å². The van der Waals surface area contributed by atoms with E-state index in [9.17, 15) is 0 Å². The lowest BCUT2D eigenvalue weighted by atomic mass is 10.00. The van der Waals surface area contributed by atoms with E-state index in [1.807, 2.05) is 0 Å². The number of hydrogen-bond donors (Lipinski definition) is 0. The predicted molar refractivity (Wildman–Crippen MR) is 71.6 cm³/mol. The van der Waals surface area contributed by atoms with Gasteiger partial charge in [0.2, 0.25) is 0 Å². The highest BCUT2D eigenvalue weighted by Gasteiger charge is 2.43. The third-order valence-corrected chi connectivity index (χ3v) is 4.94. The van der Waals surface area contributed by atoms with Crippen molar-refractivity contribution in [1.29, 1.82) is 0 Å². The quantitative estimate of drug-likeness (QED) is 0.708. The molecule has 1 saturated carbocycles. The molecule has 0 amide bonds. The molecule has 1 rings (SSSR count). The van der Waals surface area contributed by atoms with Gasteiger partial charge in [0.25, 0.3) is 0 Å². The lowest BCUT2D eigenvalue weighted by Crippen LogP contribution is -2.37. The zero-order valence-electron chi connectivity index (χ0n) is 11.3. The Morgan fingerprint density at radius 1 is 1.33 bits per heavy atom. The van der Waals surface area contributed by atoms with Crippen LogP contribution in [-0.4, -0.2) is 35.0 Å². The Morgan fingerprint density at radius 3 is 2.27 bits per heavy atom. The van der Waals surface area contributed by atoms with Gasteiger partial charge < -0.3 is 4.90 Å². The highest BCUT2D eigenvalue weighted by atomic mass is 32.2. The van der Waals surface area contributed by atoms with E-state index in [0.29, 0.717) is 10.2 Å². The molecule has 15 heavy (non-hydrogen) atoms. The summed E-state index contributed by atoms with van der Waals surface area (Å²) < 4.78 is 0.410. The summed E-state index contributed by atoms with van der Waals surface area (Å²) >= 11 is 2.07. The largest absolute Gasteiger partial charge is 0.302 e. The number of rotatable bonds is 5. The summed E-state index contributed by atoms with van der Waals surface area (Å²) in [5.74, 6) is 1.25. The molecular formula is C13H27NS. The summed E-state index contributed by atoms with van der Waals surface area (Å²) in [5.41, 5.74) is 0.626. The first-order chi connectivity index (χ1) is 6.75. The molecule has 0 aromatic carbocycles. The van der Waals surface area contributed by atoms with E-state index in [1.54, 1.807) is 0 Å². The standard InChI is InChI=1S/C13H27NS/c1-11(13(5)7-8-13)14(6)9-10-15-12(2,3)4/h11H,7-10H2,1-6H3/t11-/m0/s1. The molecule has 1 fully saturated rings. The van der Waals surface area contributed by atoms with E-state index >= 15 is 0 Å². The normalized spacial score (nSPS) is 21.8. The fourth-order valence-corrected chi connectivity index (χ4v) is 2.83. The SMILES string of the molecule is C[C@H](N(C)CCSC(C)(C)C)C1(C)CC1. The average Bonchev–Trinajstić information content (AvgIpc) is 2.81. The molecule has 90 valence electrons. The Hall–Kier alpha value is 0.310. The molecule has 2 heteroatoms. The summed E-state index contributed by atoms with van der Waals surface area (Å²) in [6.45, 7) is 12.9. The van der Waals surface area contributed by atoms with E-state index < -0.39 is 0 Å². The van der Waals surface area contributed by atoms with Crippen LogP contribution in [0.4, 0.5) is 0 Å². The van der Waals surface area contributed by atoms with Crippen LogP contribution in [0.5, 0.6) is 0 Å². The second-order valence-electron chi connectivity index (χ2n) is 6.27. The Labute approximate surface area is 100.0 Å². The van der Waals surface area contributed by atoms with E-state index in [4.69, 9.17) is 0 Å². The van der Waals surface area contributed by atoms with E-state index in [2.05, 4.69) is 58.3 Å². The fourth-order valence-electron chi connectivity index (χ4n) is 1.84. The second-order valence-corrected chi connectivity index (χ2v) is 8.19. The zero-order valence-corrected chi connectivity index (χ0v) is 12.1. The summed E-state index contributed by atoms with van der Waals surface area (Å²) in [4.78, 5) is 2.53. The summed E-state index contributed by atoms with van der Waals surface area (Å²) in [7, 11) is 2.28. The van der Waals surface area contributed by atoms with Crippen LogP contribution in [0, 0.1) is 5.41 Å². The van der Waals surface area contributed by atoms with Crippen molar-refractivity contribution in [1.82, 2.24) is 4.90 Å². The molecule has 0 unspecified atom stereocenters. The second kappa shape index (κ2) is 4.67. The van der Waals surface area contributed by atoms with Crippen molar-refractivity contribution in [3.63, 3.8) is 0 Å². The molecule has 0 heterocycles. The predicted octanol–water partition coefficient (Wildman–Crippen LogP) is 3.64. The number of thioether (sulfide) groups is 1. The van der Waals surface area contributed by atoms with Crippen LogP contribution < -0.4 is 0 Å². The maximum atomic E-state index is 2.53. The summed E-state index contributed by atoms with van der Waals surface area (Å²) in [6, 6.07) is 0.748. The van der Waals surface area contributed by atoms with Gasteiger partial charge in [0.1, 0.15) is 0 Å². The van der Waals surface area contributed by atoms with Gasteiger partial charge in [-0.05, 0) is 32.2 Å². The third-order valence-electron chi connectivity index (χ3n) is 3.69. The molecule has 0 saturated heterocycles. The molecule has 0 bridgehead atoms. The van der Waals surface area contributed by atoms with Crippen LogP contribution in [0.15, 0.2) is 0 Å². The van der Waals surface area contributed by atoms with Gasteiger partial charge in [-0.2, -0.15) is 11.8 Å². The minimum atomic E-state index is 0.410. The molecule has 0 aromatic heterocycles. The molecule has 0 aromatic rings. The monoisotopic (exact) mass is 229 g/mol. The molecule has 1 atom stereocenters. The maximum absolute atomic E-state index is 2.53. The molecule has 0 spiro atoms. The van der Waals surface area contributed by atoms with Gasteiger partial charge >= 0.3 is 0 Å². The van der Waals surface area contributed by atoms with Crippen molar-refractivity contribution in [3.8, 4) is 0 Å². The van der Waals surface area contributed by atoms with Gasteiger partial charge in [-0.1, -0.05) is 27.7 Å². The highest BCUT2D eigenvalue weighted by Crippen LogP contribution is 2.49. The first-order valence-electron chi connectivity index (χ1n) is 6.09. The van der Waals surface area contributed by atoms with Gasteiger partial charge in [0.05, 0.1) is 0 Å². The van der Waals surface area contributed by atoms with Gasteiger partial charge in [-0.3, -0.25) is 0 Å². The Kier molecular flexibility index (Phi) is 4.16. The number of nitrogens with zero attached hydrogens (tertiary/aromatic N) is 1. The topological polar surface area (TPSA) is 3.24 Å². The molecule has 1 nitrogen and oxygen atoms in total. The van der Waals surface area contributed by atoms with Crippen LogP contribution in [0.3, 0.4) is 0 Å². The zero-order chi connectivity index (χ0) is 11.7. The maximum Gasteiger partial charge on any atom is 0.0118 e. The first-order valence-corrected chi connectivity index (χ1v) is 7.07. The van der Waals surface area contributed by atoms with Crippen molar-refractivity contribution in [3.05, 3.63) is 0 Å². The minimum absolute atomic E-state index is 0.410. The Bertz CT molecular complexity index is 203. The molecule has 0 aliphatic heterocycles. The van der Waals surface area contributed by atoms with Crippen molar-refractivity contribution in [2.24, 2.45) is 5.41 Å². The van der Waals surface area contributed by atoms with Crippen molar-refractivity contribution >= 4 is 11.8 Å². The van der Waals surface area contributed by atoms with Gasteiger partial charge in [0.15, 0.2) is 0 Å².